The highest BCUT2D eigenvalue weighted by molar-refractivity contribution is 9.10. The van der Waals surface area contributed by atoms with Crippen LogP contribution >= 0.6 is 27.3 Å². The van der Waals surface area contributed by atoms with Crippen molar-refractivity contribution in [3.8, 4) is 6.07 Å². The van der Waals surface area contributed by atoms with E-state index in [1.807, 2.05) is 30.3 Å². The predicted octanol–water partition coefficient (Wildman–Crippen LogP) is 1.60. The molecule has 2 aromatic rings. The minimum atomic E-state index is -0.475. The van der Waals surface area contributed by atoms with E-state index >= 15 is 0 Å². The van der Waals surface area contributed by atoms with Gasteiger partial charge in [-0.15, -0.1) is 11.3 Å². The van der Waals surface area contributed by atoms with E-state index in [-0.39, 0.29) is 11.1 Å². The number of benzene rings is 1. The van der Waals surface area contributed by atoms with Gasteiger partial charge in [-0.1, -0.05) is 33.8 Å². The zero-order valence-electron chi connectivity index (χ0n) is 13.8. The van der Waals surface area contributed by atoms with E-state index < -0.39 is 5.91 Å². The molecule has 1 heterocycles. The van der Waals surface area contributed by atoms with Gasteiger partial charge in [0.2, 0.25) is 0 Å². The third kappa shape index (κ3) is 4.37. The molecule has 0 unspecified atom stereocenters. The van der Waals surface area contributed by atoms with E-state index in [9.17, 15) is 14.9 Å². The molecule has 0 aliphatic rings. The van der Waals surface area contributed by atoms with Crippen molar-refractivity contribution in [3.63, 3.8) is 0 Å². The molecule has 0 bridgehead atoms. The topological polar surface area (TPSA) is 74.9 Å². The minimum Gasteiger partial charge on any atom is -0.352 e. The third-order valence-electron chi connectivity index (χ3n) is 3.33. The number of aromatic nitrogens is 1. The average Bonchev–Trinajstić information content (AvgIpc) is 2.91. The van der Waals surface area contributed by atoms with Gasteiger partial charge in [0.25, 0.3) is 11.5 Å². The van der Waals surface area contributed by atoms with E-state index in [2.05, 4.69) is 27.0 Å². The van der Waals surface area contributed by atoms with E-state index in [4.69, 9.17) is 0 Å². The molecule has 0 saturated carbocycles. The number of thiazole rings is 1. The first-order valence-corrected chi connectivity index (χ1v) is 9.27. The summed E-state index contributed by atoms with van der Waals surface area (Å²) in [6.07, 6.45) is 1.71. The molecular weight excluding hydrogens is 402 g/mol. The number of halogens is 1. The molecule has 0 atom stereocenters. The van der Waals surface area contributed by atoms with E-state index in [0.717, 1.165) is 21.4 Å². The molecule has 1 N–H and O–H groups in total. The molecule has 0 saturated heterocycles. The largest absolute Gasteiger partial charge is 0.352 e. The molecule has 2 rings (SSSR count). The van der Waals surface area contributed by atoms with Crippen LogP contribution in [0, 0.1) is 11.3 Å². The van der Waals surface area contributed by atoms with Crippen molar-refractivity contribution in [3.05, 3.63) is 53.9 Å². The highest BCUT2D eigenvalue weighted by atomic mass is 79.9. The fraction of sp³-hybridized carbons (Fsp3) is 0.222. The van der Waals surface area contributed by atoms with Crippen LogP contribution in [-0.4, -0.2) is 17.0 Å². The molecule has 1 aromatic heterocycles. The fourth-order valence-electron chi connectivity index (χ4n) is 2.13. The number of hydrogen-bond donors (Lipinski definition) is 1. The van der Waals surface area contributed by atoms with Gasteiger partial charge in [-0.2, -0.15) is 5.26 Å². The zero-order valence-corrected chi connectivity index (χ0v) is 16.2. The first kappa shape index (κ1) is 18.9. The van der Waals surface area contributed by atoms with Crippen LogP contribution in [0.4, 0.5) is 0 Å². The quantitative estimate of drug-likeness (QED) is 0.820. The lowest BCUT2D eigenvalue weighted by Gasteiger charge is -2.00. The Bertz CT molecular complexity index is 1040. The summed E-state index contributed by atoms with van der Waals surface area (Å²) >= 11 is 4.47. The lowest BCUT2D eigenvalue weighted by molar-refractivity contribution is -0.115. The van der Waals surface area contributed by atoms with Crippen molar-refractivity contribution < 1.29 is 4.79 Å². The summed E-state index contributed by atoms with van der Waals surface area (Å²) in [5.41, 5.74) is 3.57. The Labute approximate surface area is 157 Å². The number of rotatable bonds is 4. The van der Waals surface area contributed by atoms with Crippen LogP contribution in [0.1, 0.15) is 19.4 Å². The van der Waals surface area contributed by atoms with Crippen LogP contribution in [-0.2, 0) is 11.3 Å². The fourth-order valence-corrected chi connectivity index (χ4v) is 3.46. The molecule has 0 aliphatic heterocycles. The monoisotopic (exact) mass is 417 g/mol. The highest BCUT2D eigenvalue weighted by Crippen LogP contribution is 2.10. The third-order valence-corrected chi connectivity index (χ3v) is 4.97. The Morgan fingerprint density at radius 2 is 2.04 bits per heavy atom. The Morgan fingerprint density at radius 3 is 2.60 bits per heavy atom. The van der Waals surface area contributed by atoms with Gasteiger partial charge in [0, 0.05) is 17.6 Å². The standard InChI is InChI=1S/C18H16BrN3O2S/c1-3-21-16(23)14(11-20)18-22(4-2)17(24)15(25-18)10-7-12-5-8-13(19)9-6-12/h5-9H,3-4H2,1-2H3,(H,21,23)/b18-14-. The van der Waals surface area contributed by atoms with E-state index in [1.54, 1.807) is 19.9 Å². The second-order valence-corrected chi connectivity index (χ2v) is 6.89. The van der Waals surface area contributed by atoms with Gasteiger partial charge in [0.05, 0.1) is 0 Å². The van der Waals surface area contributed by atoms with Crippen LogP contribution in [0.25, 0.3) is 17.4 Å². The van der Waals surface area contributed by atoms with Crippen molar-refractivity contribution in [2.24, 2.45) is 0 Å². The number of nitriles is 1. The van der Waals surface area contributed by atoms with Gasteiger partial charge < -0.3 is 5.32 Å². The van der Waals surface area contributed by atoms with Gasteiger partial charge in [-0.05, 0) is 37.6 Å². The zero-order chi connectivity index (χ0) is 18.4. The predicted molar refractivity (Wildman–Crippen MR) is 103 cm³/mol. The van der Waals surface area contributed by atoms with Crippen LogP contribution < -0.4 is 20.1 Å². The molecule has 1 aromatic carbocycles. The van der Waals surface area contributed by atoms with Crippen LogP contribution in [0.2, 0.25) is 0 Å². The summed E-state index contributed by atoms with van der Waals surface area (Å²) in [6.45, 7) is 4.35. The number of carbonyl (C=O) groups is 1. The number of carbonyl (C=O) groups excluding carboxylic acids is 1. The molecule has 25 heavy (non-hydrogen) atoms. The van der Waals surface area contributed by atoms with Gasteiger partial charge in [-0.25, -0.2) is 0 Å². The second-order valence-electron chi connectivity index (χ2n) is 4.97. The average molecular weight is 418 g/mol. The first-order chi connectivity index (χ1) is 12.0. The van der Waals surface area contributed by atoms with Crippen molar-refractivity contribution in [1.29, 1.82) is 5.26 Å². The molecule has 5 nitrogen and oxygen atoms in total. The van der Waals surface area contributed by atoms with E-state index in [0.29, 0.717) is 22.3 Å². The van der Waals surface area contributed by atoms with Gasteiger partial charge in [0.1, 0.15) is 15.3 Å². The summed E-state index contributed by atoms with van der Waals surface area (Å²) in [6, 6.07) is 9.49. The van der Waals surface area contributed by atoms with Crippen molar-refractivity contribution >= 4 is 50.6 Å². The number of nitrogens with one attached hydrogen (secondary N) is 1. The van der Waals surface area contributed by atoms with Crippen LogP contribution in [0.3, 0.4) is 0 Å². The van der Waals surface area contributed by atoms with Crippen molar-refractivity contribution in [2.45, 2.75) is 20.4 Å². The highest BCUT2D eigenvalue weighted by Gasteiger charge is 2.14. The normalized spacial score (nSPS) is 11.3. The van der Waals surface area contributed by atoms with Gasteiger partial charge in [0.15, 0.2) is 5.57 Å². The number of hydrogen-bond acceptors (Lipinski definition) is 4. The Morgan fingerprint density at radius 1 is 1.36 bits per heavy atom. The van der Waals surface area contributed by atoms with E-state index in [1.165, 1.54) is 4.57 Å². The lowest BCUT2D eigenvalue weighted by atomic mass is 10.2. The molecule has 0 radical (unpaired) electrons. The smallest absolute Gasteiger partial charge is 0.277 e. The Kier molecular flexibility index (Phi) is 6.54. The SMILES string of the molecule is CCNC(=O)/C(C#N)=c1\sc(=C=Cc2ccc(Br)cc2)c(=O)n1CC. The first-order valence-electron chi connectivity index (χ1n) is 7.66. The molecule has 0 aliphatic carbocycles. The molecule has 1 amide bonds. The summed E-state index contributed by atoms with van der Waals surface area (Å²) in [7, 11) is 0. The molecule has 128 valence electrons. The van der Waals surface area contributed by atoms with Gasteiger partial charge >= 0.3 is 0 Å². The molecular formula is C18H16BrN3O2S. The minimum absolute atomic E-state index is 0.0532. The maximum atomic E-state index is 12.5. The van der Waals surface area contributed by atoms with Gasteiger partial charge in [-0.3, -0.25) is 14.2 Å². The summed E-state index contributed by atoms with van der Waals surface area (Å²) in [5.74, 6) is -0.475. The van der Waals surface area contributed by atoms with Crippen LogP contribution in [0.15, 0.2) is 33.5 Å². The summed E-state index contributed by atoms with van der Waals surface area (Å²) in [5, 5.41) is 11.9. The lowest BCUT2D eigenvalue weighted by Crippen LogP contribution is -2.34. The van der Waals surface area contributed by atoms with Crippen molar-refractivity contribution in [1.82, 2.24) is 9.88 Å². The second kappa shape index (κ2) is 8.63. The molecule has 7 heteroatoms. The summed E-state index contributed by atoms with van der Waals surface area (Å²) < 4.78 is 3.10. The number of amides is 1. The number of nitrogens with zero attached hydrogens (tertiary/aromatic N) is 2. The van der Waals surface area contributed by atoms with Crippen molar-refractivity contribution in [2.75, 3.05) is 6.54 Å². The summed E-state index contributed by atoms with van der Waals surface area (Å²) in [4.78, 5) is 24.6. The maximum absolute atomic E-state index is 12.5. The maximum Gasteiger partial charge on any atom is 0.277 e. The molecule has 0 fully saturated rings. The molecule has 0 spiro atoms. The van der Waals surface area contributed by atoms with Crippen LogP contribution in [0.5, 0.6) is 0 Å². The Hall–Kier alpha value is -2.39. The Balaban J connectivity index is 2.72.